The molecule has 0 fully saturated rings. The third-order valence-electron chi connectivity index (χ3n) is 2.92. The van der Waals surface area contributed by atoms with Crippen molar-refractivity contribution in [2.24, 2.45) is 0 Å². The second-order valence-corrected chi connectivity index (χ2v) is 4.63. The Bertz CT molecular complexity index is 763. The number of rotatable bonds is 1. The average Bonchev–Trinajstić information content (AvgIpc) is 2.80. The summed E-state index contributed by atoms with van der Waals surface area (Å²) >= 11 is 5.93. The molecule has 3 aromatic rings. The Hall–Kier alpha value is -2.01. The number of pyridine rings is 1. The van der Waals surface area contributed by atoms with Gasteiger partial charge in [-0.05, 0) is 12.1 Å². The second kappa shape index (κ2) is 4.52. The first-order valence-electron chi connectivity index (χ1n) is 5.77. The van der Waals surface area contributed by atoms with Crippen molar-refractivity contribution in [2.75, 3.05) is 0 Å². The summed E-state index contributed by atoms with van der Waals surface area (Å²) in [5.41, 5.74) is -0.438. The zero-order chi connectivity index (χ0) is 14.3. The maximum Gasteiger partial charge on any atom is 0.433 e. The molecule has 0 amide bonds. The molecule has 2 heterocycles. The van der Waals surface area contributed by atoms with Crippen LogP contribution in [0.5, 0.6) is 0 Å². The van der Waals surface area contributed by atoms with E-state index in [4.69, 9.17) is 11.6 Å². The highest BCUT2D eigenvalue weighted by Gasteiger charge is 2.38. The van der Waals surface area contributed by atoms with Crippen molar-refractivity contribution in [1.29, 1.82) is 0 Å². The Morgan fingerprint density at radius 3 is 2.35 bits per heavy atom. The molecule has 3 rings (SSSR count). The van der Waals surface area contributed by atoms with Crippen LogP contribution < -0.4 is 0 Å². The summed E-state index contributed by atoms with van der Waals surface area (Å²) in [6.07, 6.45) is -3.21. The van der Waals surface area contributed by atoms with Crippen LogP contribution in [-0.2, 0) is 6.18 Å². The monoisotopic (exact) mass is 296 g/mol. The van der Waals surface area contributed by atoms with Crippen LogP contribution in [0.2, 0.25) is 5.02 Å². The minimum atomic E-state index is -4.52. The number of benzene rings is 1. The van der Waals surface area contributed by atoms with E-state index in [1.165, 1.54) is 18.3 Å². The van der Waals surface area contributed by atoms with Crippen LogP contribution in [0.25, 0.3) is 16.9 Å². The van der Waals surface area contributed by atoms with Gasteiger partial charge >= 0.3 is 6.18 Å². The van der Waals surface area contributed by atoms with E-state index in [2.05, 4.69) is 4.98 Å². The van der Waals surface area contributed by atoms with Crippen LogP contribution in [0.15, 0.2) is 48.7 Å². The fourth-order valence-corrected chi connectivity index (χ4v) is 2.31. The van der Waals surface area contributed by atoms with Crippen LogP contribution in [0.4, 0.5) is 13.2 Å². The normalized spacial score (nSPS) is 12.0. The number of fused-ring (bicyclic) bond motifs is 1. The molecule has 0 atom stereocenters. The van der Waals surface area contributed by atoms with Crippen molar-refractivity contribution in [1.82, 2.24) is 9.38 Å². The fraction of sp³-hybridized carbons (Fsp3) is 0.0714. The Morgan fingerprint density at radius 1 is 1.00 bits per heavy atom. The van der Waals surface area contributed by atoms with Crippen molar-refractivity contribution in [2.45, 2.75) is 6.18 Å². The Kier molecular flexibility index (Phi) is 2.94. The van der Waals surface area contributed by atoms with Gasteiger partial charge in [0.15, 0.2) is 11.3 Å². The molecule has 0 N–H and O–H groups in total. The molecule has 6 heteroatoms. The van der Waals surface area contributed by atoms with Gasteiger partial charge in [0.25, 0.3) is 0 Å². The van der Waals surface area contributed by atoms with E-state index in [0.717, 1.165) is 4.40 Å². The molecule has 0 aliphatic heterocycles. The van der Waals surface area contributed by atoms with E-state index in [1.807, 2.05) is 0 Å². The largest absolute Gasteiger partial charge is 0.433 e. The number of halogens is 4. The summed E-state index contributed by atoms with van der Waals surface area (Å²) in [5.74, 6) is 0. The van der Waals surface area contributed by atoms with Crippen molar-refractivity contribution >= 4 is 17.2 Å². The number of imidazole rings is 1. The maximum absolute atomic E-state index is 13.3. The Balaban J connectivity index is 2.40. The van der Waals surface area contributed by atoms with Crippen molar-refractivity contribution < 1.29 is 13.2 Å². The van der Waals surface area contributed by atoms with E-state index >= 15 is 0 Å². The van der Waals surface area contributed by atoms with Gasteiger partial charge in [-0.25, -0.2) is 4.98 Å². The summed E-state index contributed by atoms with van der Waals surface area (Å²) in [6, 6.07) is 11.2. The van der Waals surface area contributed by atoms with Gasteiger partial charge in [0.1, 0.15) is 5.69 Å². The predicted octanol–water partition coefficient (Wildman–Crippen LogP) is 4.67. The second-order valence-electron chi connectivity index (χ2n) is 4.22. The highest BCUT2D eigenvalue weighted by atomic mass is 35.5. The SMILES string of the molecule is FC(F)(F)c1c(-c2ccccc2)nc2c(Cl)cccn12. The molecule has 0 aliphatic carbocycles. The number of alkyl halides is 3. The third-order valence-corrected chi connectivity index (χ3v) is 3.21. The van der Waals surface area contributed by atoms with E-state index in [0.29, 0.717) is 5.56 Å². The van der Waals surface area contributed by atoms with Gasteiger partial charge in [-0.1, -0.05) is 41.9 Å². The lowest BCUT2D eigenvalue weighted by atomic mass is 10.1. The van der Waals surface area contributed by atoms with Gasteiger partial charge in [-0.2, -0.15) is 13.2 Å². The van der Waals surface area contributed by atoms with E-state index in [9.17, 15) is 13.2 Å². The summed E-state index contributed by atoms with van der Waals surface area (Å²) < 4.78 is 41.0. The molecule has 0 saturated carbocycles. The molecule has 2 nitrogen and oxygen atoms in total. The lowest BCUT2D eigenvalue weighted by Crippen LogP contribution is -2.10. The van der Waals surface area contributed by atoms with Gasteiger partial charge in [0.2, 0.25) is 0 Å². The first-order valence-corrected chi connectivity index (χ1v) is 6.15. The minimum Gasteiger partial charge on any atom is -0.294 e. The first-order chi connectivity index (χ1) is 9.48. The molecule has 20 heavy (non-hydrogen) atoms. The smallest absolute Gasteiger partial charge is 0.294 e. The molecule has 2 aromatic heterocycles. The predicted molar refractivity (Wildman–Crippen MR) is 70.6 cm³/mol. The van der Waals surface area contributed by atoms with Gasteiger partial charge in [0, 0.05) is 11.8 Å². The van der Waals surface area contributed by atoms with Gasteiger partial charge < -0.3 is 0 Å². The van der Waals surface area contributed by atoms with Crippen LogP contribution in [0.3, 0.4) is 0 Å². The third kappa shape index (κ3) is 2.04. The fourth-order valence-electron chi connectivity index (χ4n) is 2.10. The molecule has 1 aromatic carbocycles. The molecular weight excluding hydrogens is 289 g/mol. The lowest BCUT2D eigenvalue weighted by Gasteiger charge is -2.09. The van der Waals surface area contributed by atoms with Crippen LogP contribution >= 0.6 is 11.6 Å². The zero-order valence-corrected chi connectivity index (χ0v) is 10.8. The number of hydrogen-bond donors (Lipinski definition) is 0. The summed E-state index contributed by atoms with van der Waals surface area (Å²) in [5, 5.41) is 0.181. The Morgan fingerprint density at radius 2 is 1.70 bits per heavy atom. The quantitative estimate of drug-likeness (QED) is 0.637. The summed E-state index contributed by atoms with van der Waals surface area (Å²) in [7, 11) is 0. The highest BCUT2D eigenvalue weighted by molar-refractivity contribution is 6.33. The van der Waals surface area contributed by atoms with E-state index in [1.54, 1.807) is 30.3 Å². The summed E-state index contributed by atoms with van der Waals surface area (Å²) in [4.78, 5) is 4.06. The molecule has 0 aliphatic rings. The molecule has 0 unspecified atom stereocenters. The van der Waals surface area contributed by atoms with Crippen molar-refractivity contribution in [3.05, 3.63) is 59.4 Å². The van der Waals surface area contributed by atoms with Gasteiger partial charge in [0.05, 0.1) is 5.02 Å². The number of hydrogen-bond acceptors (Lipinski definition) is 1. The number of nitrogens with zero attached hydrogens (tertiary/aromatic N) is 2. The summed E-state index contributed by atoms with van der Waals surface area (Å²) in [6.45, 7) is 0. The first kappa shape index (κ1) is 13.0. The van der Waals surface area contributed by atoms with Crippen molar-refractivity contribution in [3.8, 4) is 11.3 Å². The van der Waals surface area contributed by atoms with Crippen molar-refractivity contribution in [3.63, 3.8) is 0 Å². The molecular formula is C14H8ClF3N2. The van der Waals surface area contributed by atoms with E-state index < -0.39 is 11.9 Å². The molecule has 102 valence electrons. The van der Waals surface area contributed by atoms with Crippen LogP contribution in [-0.4, -0.2) is 9.38 Å². The number of aromatic nitrogens is 2. The standard InChI is InChI=1S/C14H8ClF3N2/c15-10-7-4-8-20-12(14(16,17)18)11(19-13(10)20)9-5-2-1-3-6-9/h1-8H. The van der Waals surface area contributed by atoms with Gasteiger partial charge in [-0.3, -0.25) is 4.40 Å². The van der Waals surface area contributed by atoms with Crippen LogP contribution in [0, 0.1) is 0 Å². The van der Waals surface area contributed by atoms with Gasteiger partial charge in [-0.15, -0.1) is 0 Å². The highest BCUT2D eigenvalue weighted by Crippen LogP contribution is 2.38. The van der Waals surface area contributed by atoms with E-state index in [-0.39, 0.29) is 16.4 Å². The lowest BCUT2D eigenvalue weighted by molar-refractivity contribution is -0.141. The topological polar surface area (TPSA) is 17.3 Å². The Labute approximate surface area is 117 Å². The average molecular weight is 297 g/mol. The maximum atomic E-state index is 13.3. The molecule has 0 radical (unpaired) electrons. The van der Waals surface area contributed by atoms with Crippen LogP contribution in [0.1, 0.15) is 5.69 Å². The molecule has 0 saturated heterocycles. The molecule has 0 bridgehead atoms. The minimum absolute atomic E-state index is 0.0975. The molecule has 0 spiro atoms. The zero-order valence-electron chi connectivity index (χ0n) is 10.0.